The van der Waals surface area contributed by atoms with E-state index >= 15 is 0 Å². The van der Waals surface area contributed by atoms with Crippen molar-refractivity contribution in [3.05, 3.63) is 59.9 Å². The second-order valence-corrected chi connectivity index (χ2v) is 5.60. The Balaban J connectivity index is 1.61. The summed E-state index contributed by atoms with van der Waals surface area (Å²) in [6.07, 6.45) is 3.00. The molecule has 1 aliphatic rings. The third kappa shape index (κ3) is 3.63. The lowest BCUT2D eigenvalue weighted by molar-refractivity contribution is 0.282. The molecule has 0 atom stereocenters. The van der Waals surface area contributed by atoms with Gasteiger partial charge in [-0.1, -0.05) is 6.07 Å². The molecule has 1 fully saturated rings. The number of hydrogen-bond acceptors (Lipinski definition) is 4. The number of pyridine rings is 1. The summed E-state index contributed by atoms with van der Waals surface area (Å²) in [4.78, 5) is 9.28. The van der Waals surface area contributed by atoms with Crippen molar-refractivity contribution in [2.24, 2.45) is 0 Å². The predicted octanol–water partition coefficient (Wildman–Crippen LogP) is 2.67. The van der Waals surface area contributed by atoms with E-state index in [0.717, 1.165) is 50.4 Å². The van der Waals surface area contributed by atoms with Crippen molar-refractivity contribution < 1.29 is 0 Å². The van der Waals surface area contributed by atoms with Crippen molar-refractivity contribution in [3.63, 3.8) is 0 Å². The third-order valence-corrected chi connectivity index (χ3v) is 4.06. The van der Waals surface area contributed by atoms with Crippen molar-refractivity contribution >= 4 is 5.69 Å². The van der Waals surface area contributed by atoms with Crippen LogP contribution in [-0.2, 0) is 6.54 Å². The molecule has 0 N–H and O–H groups in total. The standard InChI is InChI=1S/C18H20N4/c19-14-16-5-7-18(8-6-16)22-11-3-10-21(12-13-22)15-17-4-1-2-9-20-17/h1-2,4-9H,3,10-13,15H2. The van der Waals surface area contributed by atoms with Gasteiger partial charge in [-0.15, -0.1) is 0 Å². The van der Waals surface area contributed by atoms with Crippen LogP contribution >= 0.6 is 0 Å². The number of anilines is 1. The molecule has 4 nitrogen and oxygen atoms in total. The van der Waals surface area contributed by atoms with Gasteiger partial charge in [0.25, 0.3) is 0 Å². The van der Waals surface area contributed by atoms with Gasteiger partial charge in [0.2, 0.25) is 0 Å². The summed E-state index contributed by atoms with van der Waals surface area (Å²) in [5.74, 6) is 0. The SMILES string of the molecule is N#Cc1ccc(N2CCCN(Cc3ccccn3)CC2)cc1. The van der Waals surface area contributed by atoms with Crippen molar-refractivity contribution in [1.29, 1.82) is 5.26 Å². The third-order valence-electron chi connectivity index (χ3n) is 4.06. The summed E-state index contributed by atoms with van der Waals surface area (Å²) in [7, 11) is 0. The van der Waals surface area contributed by atoms with Crippen LogP contribution < -0.4 is 4.90 Å². The van der Waals surface area contributed by atoms with Crippen LogP contribution in [0.4, 0.5) is 5.69 Å². The molecule has 2 heterocycles. The molecular formula is C18H20N4. The van der Waals surface area contributed by atoms with E-state index in [9.17, 15) is 0 Å². The van der Waals surface area contributed by atoms with Gasteiger partial charge in [0, 0.05) is 44.6 Å². The summed E-state index contributed by atoms with van der Waals surface area (Å²) in [6, 6.07) is 16.1. The van der Waals surface area contributed by atoms with Gasteiger partial charge in [0.05, 0.1) is 17.3 Å². The van der Waals surface area contributed by atoms with Crippen LogP contribution in [0.3, 0.4) is 0 Å². The lowest BCUT2D eigenvalue weighted by Crippen LogP contribution is -2.30. The molecule has 0 unspecified atom stereocenters. The highest BCUT2D eigenvalue weighted by Gasteiger charge is 2.15. The summed E-state index contributed by atoms with van der Waals surface area (Å²) in [5, 5.41) is 8.88. The van der Waals surface area contributed by atoms with Crippen LogP contribution in [0.2, 0.25) is 0 Å². The number of rotatable bonds is 3. The van der Waals surface area contributed by atoms with Crippen LogP contribution in [0.25, 0.3) is 0 Å². The first-order chi connectivity index (χ1) is 10.8. The lowest BCUT2D eigenvalue weighted by atomic mass is 10.2. The summed E-state index contributed by atoms with van der Waals surface area (Å²) >= 11 is 0. The number of nitriles is 1. The van der Waals surface area contributed by atoms with Gasteiger partial charge in [-0.05, 0) is 42.8 Å². The van der Waals surface area contributed by atoms with Gasteiger partial charge in [0.1, 0.15) is 0 Å². The molecule has 1 aliphatic heterocycles. The number of nitrogens with zero attached hydrogens (tertiary/aromatic N) is 4. The van der Waals surface area contributed by atoms with Crippen molar-refractivity contribution in [2.45, 2.75) is 13.0 Å². The second kappa shape index (κ2) is 7.06. The average Bonchev–Trinajstić information content (AvgIpc) is 2.82. The van der Waals surface area contributed by atoms with E-state index in [4.69, 9.17) is 5.26 Å². The van der Waals surface area contributed by atoms with Crippen LogP contribution in [0, 0.1) is 11.3 Å². The number of aromatic nitrogens is 1. The second-order valence-electron chi connectivity index (χ2n) is 5.60. The molecule has 0 radical (unpaired) electrons. The zero-order valence-electron chi connectivity index (χ0n) is 12.7. The highest BCUT2D eigenvalue weighted by atomic mass is 15.2. The lowest BCUT2D eigenvalue weighted by Gasteiger charge is -2.23. The van der Waals surface area contributed by atoms with E-state index in [1.165, 1.54) is 5.69 Å². The van der Waals surface area contributed by atoms with E-state index < -0.39 is 0 Å². The monoisotopic (exact) mass is 292 g/mol. The highest BCUT2D eigenvalue weighted by Crippen LogP contribution is 2.17. The van der Waals surface area contributed by atoms with E-state index in [1.54, 1.807) is 0 Å². The van der Waals surface area contributed by atoms with Gasteiger partial charge in [-0.2, -0.15) is 5.26 Å². The molecule has 0 amide bonds. The molecule has 112 valence electrons. The Bertz CT molecular complexity index is 630. The fraction of sp³-hybridized carbons (Fsp3) is 0.333. The van der Waals surface area contributed by atoms with Gasteiger partial charge >= 0.3 is 0 Å². The molecule has 0 spiro atoms. The summed E-state index contributed by atoms with van der Waals surface area (Å²) in [6.45, 7) is 5.13. The number of benzene rings is 1. The van der Waals surface area contributed by atoms with E-state index in [0.29, 0.717) is 0 Å². The molecule has 0 saturated carbocycles. The van der Waals surface area contributed by atoms with Gasteiger partial charge < -0.3 is 4.90 Å². The van der Waals surface area contributed by atoms with Gasteiger partial charge in [-0.25, -0.2) is 0 Å². The first kappa shape index (κ1) is 14.6. The summed E-state index contributed by atoms with van der Waals surface area (Å²) in [5.41, 5.74) is 3.06. The van der Waals surface area contributed by atoms with E-state index in [2.05, 4.69) is 26.9 Å². The fourth-order valence-corrected chi connectivity index (χ4v) is 2.85. The largest absolute Gasteiger partial charge is 0.370 e. The predicted molar refractivity (Wildman–Crippen MR) is 87.5 cm³/mol. The van der Waals surface area contributed by atoms with E-state index in [1.807, 2.05) is 42.6 Å². The topological polar surface area (TPSA) is 43.2 Å². The molecule has 4 heteroatoms. The highest BCUT2D eigenvalue weighted by molar-refractivity contribution is 5.49. The Morgan fingerprint density at radius 1 is 1.00 bits per heavy atom. The maximum atomic E-state index is 8.88. The van der Waals surface area contributed by atoms with Crippen LogP contribution in [0.5, 0.6) is 0 Å². The molecule has 3 rings (SSSR count). The summed E-state index contributed by atoms with van der Waals surface area (Å²) < 4.78 is 0. The smallest absolute Gasteiger partial charge is 0.0991 e. The first-order valence-corrected chi connectivity index (χ1v) is 7.72. The van der Waals surface area contributed by atoms with Crippen LogP contribution in [0.15, 0.2) is 48.7 Å². The molecule has 22 heavy (non-hydrogen) atoms. The molecule has 0 aliphatic carbocycles. The maximum absolute atomic E-state index is 8.88. The molecular weight excluding hydrogens is 272 g/mol. The number of hydrogen-bond donors (Lipinski definition) is 0. The van der Waals surface area contributed by atoms with Crippen molar-refractivity contribution in [3.8, 4) is 6.07 Å². The zero-order chi connectivity index (χ0) is 15.2. The van der Waals surface area contributed by atoms with E-state index in [-0.39, 0.29) is 0 Å². The average molecular weight is 292 g/mol. The first-order valence-electron chi connectivity index (χ1n) is 7.72. The van der Waals surface area contributed by atoms with Gasteiger partial charge in [0.15, 0.2) is 0 Å². The Morgan fingerprint density at radius 2 is 1.86 bits per heavy atom. The van der Waals surface area contributed by atoms with Crippen LogP contribution in [-0.4, -0.2) is 36.1 Å². The molecule has 0 bridgehead atoms. The van der Waals surface area contributed by atoms with Crippen molar-refractivity contribution in [1.82, 2.24) is 9.88 Å². The normalized spacial score (nSPS) is 16.0. The maximum Gasteiger partial charge on any atom is 0.0991 e. The fourth-order valence-electron chi connectivity index (χ4n) is 2.85. The zero-order valence-corrected chi connectivity index (χ0v) is 12.7. The Hall–Kier alpha value is -2.38. The molecule has 1 aromatic heterocycles. The van der Waals surface area contributed by atoms with Crippen LogP contribution in [0.1, 0.15) is 17.7 Å². The Labute approximate surface area is 131 Å². The Kier molecular flexibility index (Phi) is 4.67. The van der Waals surface area contributed by atoms with Gasteiger partial charge in [-0.3, -0.25) is 9.88 Å². The quantitative estimate of drug-likeness (QED) is 0.872. The van der Waals surface area contributed by atoms with Crippen molar-refractivity contribution in [2.75, 3.05) is 31.1 Å². The minimum Gasteiger partial charge on any atom is -0.370 e. The molecule has 2 aromatic rings. The molecule has 1 saturated heterocycles. The Morgan fingerprint density at radius 3 is 2.59 bits per heavy atom. The minimum atomic E-state index is 0.718. The minimum absolute atomic E-state index is 0.718. The molecule has 1 aromatic carbocycles.